The number of methoxy groups -OCH3 is 1. The molecular formula is C12H10F2O2. The van der Waals surface area contributed by atoms with Crippen molar-refractivity contribution in [3.8, 4) is 5.75 Å². The van der Waals surface area contributed by atoms with E-state index in [0.717, 1.165) is 0 Å². The molecule has 2 nitrogen and oxygen atoms in total. The second kappa shape index (κ2) is 4.06. The normalized spacial score (nSPS) is 10.8. The highest BCUT2D eigenvalue weighted by atomic mass is 19.2. The highest BCUT2D eigenvalue weighted by Gasteiger charge is 2.19. The molecule has 0 amide bonds. The zero-order chi connectivity index (χ0) is 11.7. The minimum Gasteiger partial charge on any atom is -0.493 e. The van der Waals surface area contributed by atoms with Gasteiger partial charge in [-0.1, -0.05) is 24.3 Å². The summed E-state index contributed by atoms with van der Waals surface area (Å²) in [4.78, 5) is 0. The predicted molar refractivity (Wildman–Crippen MR) is 56.3 cm³/mol. The highest BCUT2D eigenvalue weighted by Crippen LogP contribution is 2.33. The van der Waals surface area contributed by atoms with E-state index in [1.165, 1.54) is 7.11 Å². The van der Waals surface area contributed by atoms with Crippen LogP contribution in [0.4, 0.5) is 8.78 Å². The van der Waals surface area contributed by atoms with E-state index in [1.54, 1.807) is 24.3 Å². The van der Waals surface area contributed by atoms with Gasteiger partial charge >= 0.3 is 0 Å². The van der Waals surface area contributed by atoms with E-state index in [0.29, 0.717) is 10.8 Å². The number of benzene rings is 2. The molecule has 4 heteroatoms. The molecule has 0 saturated carbocycles. The van der Waals surface area contributed by atoms with E-state index < -0.39 is 18.2 Å². The molecule has 16 heavy (non-hydrogen) atoms. The summed E-state index contributed by atoms with van der Waals surface area (Å²) in [5.74, 6) is -2.26. The van der Waals surface area contributed by atoms with Gasteiger partial charge in [0, 0.05) is 10.9 Å². The summed E-state index contributed by atoms with van der Waals surface area (Å²) < 4.78 is 32.0. The quantitative estimate of drug-likeness (QED) is 0.849. The minimum absolute atomic E-state index is 0.0473. The second-order valence-corrected chi connectivity index (χ2v) is 3.34. The Balaban J connectivity index is 2.95. The first kappa shape index (κ1) is 10.8. The van der Waals surface area contributed by atoms with Gasteiger partial charge in [0.2, 0.25) is 5.82 Å². The molecule has 2 aromatic rings. The van der Waals surface area contributed by atoms with Crippen LogP contribution in [-0.2, 0) is 6.61 Å². The summed E-state index contributed by atoms with van der Waals surface area (Å²) in [6.07, 6.45) is 0. The van der Waals surface area contributed by atoms with Gasteiger partial charge in [0.25, 0.3) is 0 Å². The Bertz CT molecular complexity index is 490. The average molecular weight is 224 g/mol. The van der Waals surface area contributed by atoms with Crippen molar-refractivity contribution < 1.29 is 18.6 Å². The van der Waals surface area contributed by atoms with Crippen molar-refractivity contribution in [1.29, 1.82) is 0 Å². The first-order valence-electron chi connectivity index (χ1n) is 4.74. The topological polar surface area (TPSA) is 29.5 Å². The number of rotatable bonds is 2. The third kappa shape index (κ3) is 1.42. The van der Waals surface area contributed by atoms with Crippen molar-refractivity contribution in [1.82, 2.24) is 0 Å². The Morgan fingerprint density at radius 3 is 2.31 bits per heavy atom. The number of aliphatic hydroxyl groups excluding tert-OH is 1. The maximum Gasteiger partial charge on any atom is 0.201 e. The van der Waals surface area contributed by atoms with Crippen LogP contribution in [0, 0.1) is 11.6 Å². The first-order valence-corrected chi connectivity index (χ1v) is 4.74. The number of hydrogen-bond acceptors (Lipinski definition) is 2. The molecule has 0 unspecified atom stereocenters. The molecule has 0 radical (unpaired) electrons. The number of ether oxygens (including phenoxy) is 1. The van der Waals surface area contributed by atoms with Gasteiger partial charge in [-0.05, 0) is 5.39 Å². The van der Waals surface area contributed by atoms with Crippen molar-refractivity contribution in [3.63, 3.8) is 0 Å². The summed E-state index contributed by atoms with van der Waals surface area (Å²) >= 11 is 0. The fourth-order valence-electron chi connectivity index (χ4n) is 1.77. The van der Waals surface area contributed by atoms with Crippen LogP contribution in [0.3, 0.4) is 0 Å². The van der Waals surface area contributed by atoms with Gasteiger partial charge in [-0.2, -0.15) is 4.39 Å². The number of fused-ring (bicyclic) bond motifs is 1. The van der Waals surface area contributed by atoms with E-state index in [4.69, 9.17) is 9.84 Å². The number of halogens is 2. The van der Waals surface area contributed by atoms with E-state index in [-0.39, 0.29) is 11.3 Å². The predicted octanol–water partition coefficient (Wildman–Crippen LogP) is 2.62. The lowest BCUT2D eigenvalue weighted by Gasteiger charge is -2.11. The summed E-state index contributed by atoms with van der Waals surface area (Å²) in [6.45, 7) is -0.548. The molecule has 2 rings (SSSR count). The SMILES string of the molecule is COc1c(F)c(F)c(CO)c2ccccc12. The molecule has 0 aromatic heterocycles. The lowest BCUT2D eigenvalue weighted by molar-refractivity contribution is 0.274. The Morgan fingerprint density at radius 2 is 1.75 bits per heavy atom. The van der Waals surface area contributed by atoms with Gasteiger partial charge < -0.3 is 9.84 Å². The summed E-state index contributed by atoms with van der Waals surface area (Å²) in [6, 6.07) is 6.63. The van der Waals surface area contributed by atoms with Crippen molar-refractivity contribution in [2.75, 3.05) is 7.11 Å². The Hall–Kier alpha value is -1.68. The average Bonchev–Trinajstić information content (AvgIpc) is 2.31. The zero-order valence-corrected chi connectivity index (χ0v) is 8.63. The standard InChI is InChI=1S/C12H10F2O2/c1-16-12-8-5-3-2-4-7(8)9(6-15)10(13)11(12)14/h2-5,15H,6H2,1H3. The third-order valence-corrected chi connectivity index (χ3v) is 2.52. The molecule has 0 saturated heterocycles. The molecule has 1 N–H and O–H groups in total. The van der Waals surface area contributed by atoms with Gasteiger partial charge in [0.1, 0.15) is 0 Å². The molecule has 0 spiro atoms. The molecule has 0 aliphatic carbocycles. The van der Waals surface area contributed by atoms with Crippen molar-refractivity contribution >= 4 is 10.8 Å². The van der Waals surface area contributed by atoms with Gasteiger partial charge in [-0.15, -0.1) is 0 Å². The lowest BCUT2D eigenvalue weighted by Crippen LogP contribution is -2.00. The van der Waals surface area contributed by atoms with Crippen LogP contribution in [-0.4, -0.2) is 12.2 Å². The zero-order valence-electron chi connectivity index (χ0n) is 8.63. The minimum atomic E-state index is -1.06. The van der Waals surface area contributed by atoms with Gasteiger partial charge in [0.05, 0.1) is 13.7 Å². The molecule has 0 atom stereocenters. The molecule has 0 aliphatic heterocycles. The van der Waals surface area contributed by atoms with Crippen LogP contribution in [0.5, 0.6) is 5.75 Å². The van der Waals surface area contributed by atoms with Gasteiger partial charge in [-0.3, -0.25) is 0 Å². The van der Waals surface area contributed by atoms with E-state index >= 15 is 0 Å². The molecule has 0 fully saturated rings. The Morgan fingerprint density at radius 1 is 1.12 bits per heavy atom. The van der Waals surface area contributed by atoms with Crippen LogP contribution in [0.1, 0.15) is 5.56 Å². The van der Waals surface area contributed by atoms with E-state index in [2.05, 4.69) is 0 Å². The third-order valence-electron chi connectivity index (χ3n) is 2.52. The van der Waals surface area contributed by atoms with Crippen LogP contribution in [0.15, 0.2) is 24.3 Å². The lowest BCUT2D eigenvalue weighted by atomic mass is 10.0. The van der Waals surface area contributed by atoms with Crippen LogP contribution >= 0.6 is 0 Å². The van der Waals surface area contributed by atoms with Gasteiger partial charge in [-0.25, -0.2) is 4.39 Å². The van der Waals surface area contributed by atoms with Crippen LogP contribution in [0.25, 0.3) is 10.8 Å². The monoisotopic (exact) mass is 224 g/mol. The van der Waals surface area contributed by atoms with Crippen LogP contribution < -0.4 is 4.74 Å². The number of hydrogen-bond donors (Lipinski definition) is 1. The molecule has 0 bridgehead atoms. The molecule has 84 valence electrons. The molecule has 0 aliphatic rings. The molecular weight excluding hydrogens is 214 g/mol. The summed E-state index contributed by atoms with van der Waals surface area (Å²) in [5, 5.41) is 9.97. The first-order chi connectivity index (χ1) is 7.70. The van der Waals surface area contributed by atoms with E-state index in [9.17, 15) is 8.78 Å². The highest BCUT2D eigenvalue weighted by molar-refractivity contribution is 5.91. The van der Waals surface area contributed by atoms with Crippen molar-refractivity contribution in [3.05, 3.63) is 41.5 Å². The maximum absolute atomic E-state index is 13.6. The Labute approximate surface area is 91.1 Å². The Kier molecular flexibility index (Phi) is 2.75. The van der Waals surface area contributed by atoms with Crippen LogP contribution in [0.2, 0.25) is 0 Å². The largest absolute Gasteiger partial charge is 0.493 e. The molecule has 2 aromatic carbocycles. The van der Waals surface area contributed by atoms with Crippen molar-refractivity contribution in [2.24, 2.45) is 0 Å². The van der Waals surface area contributed by atoms with E-state index in [1.807, 2.05) is 0 Å². The summed E-state index contributed by atoms with van der Waals surface area (Å²) in [7, 11) is 1.28. The van der Waals surface area contributed by atoms with Gasteiger partial charge in [0.15, 0.2) is 11.6 Å². The fraction of sp³-hybridized carbons (Fsp3) is 0.167. The maximum atomic E-state index is 13.6. The summed E-state index contributed by atoms with van der Waals surface area (Å²) in [5.41, 5.74) is -0.0473. The smallest absolute Gasteiger partial charge is 0.201 e. The fourth-order valence-corrected chi connectivity index (χ4v) is 1.77. The molecule has 0 heterocycles. The van der Waals surface area contributed by atoms with Crippen molar-refractivity contribution in [2.45, 2.75) is 6.61 Å². The number of aliphatic hydroxyl groups is 1. The second-order valence-electron chi connectivity index (χ2n) is 3.34.